The average molecular weight is 521 g/mol. The molecule has 0 aliphatic heterocycles. The number of esters is 1. The fraction of sp³-hybridized carbons (Fsp3) is 0.364. The molecule has 2 rings (SSSR count). The molecule has 0 aliphatic rings. The fourth-order valence-electron chi connectivity index (χ4n) is 2.01. The van der Waals surface area contributed by atoms with E-state index in [1.165, 1.54) is 43.3 Å². The van der Waals surface area contributed by atoms with Crippen LogP contribution in [-0.4, -0.2) is 34.6 Å². The quantitative estimate of drug-likeness (QED) is 0.336. The van der Waals surface area contributed by atoms with E-state index in [-0.39, 0.29) is 16.5 Å². The van der Waals surface area contributed by atoms with Crippen molar-refractivity contribution in [2.24, 2.45) is 0 Å². The number of rotatable bonds is 8. The predicted molar refractivity (Wildman–Crippen MR) is 115 cm³/mol. The van der Waals surface area contributed by atoms with E-state index >= 15 is 0 Å². The molecule has 2 aromatic rings. The van der Waals surface area contributed by atoms with Gasteiger partial charge in [0.25, 0.3) is 0 Å². The first-order chi connectivity index (χ1) is 14.9. The van der Waals surface area contributed by atoms with Gasteiger partial charge in [-0.05, 0) is 68.8 Å². The topological polar surface area (TPSA) is 82.1 Å². The molecule has 6 nitrogen and oxygen atoms in total. The number of hydrogen-bond donors (Lipinski definition) is 1. The molecular formula is C22H24BrF3O6. The van der Waals surface area contributed by atoms with Gasteiger partial charge in [0.05, 0.1) is 12.2 Å². The lowest BCUT2D eigenvalue weighted by Crippen LogP contribution is -2.22. The Morgan fingerprint density at radius 3 is 1.84 bits per heavy atom. The maximum absolute atomic E-state index is 12.5. The van der Waals surface area contributed by atoms with Crippen LogP contribution in [0.15, 0.2) is 48.5 Å². The zero-order valence-electron chi connectivity index (χ0n) is 17.7. The van der Waals surface area contributed by atoms with Crippen molar-refractivity contribution < 1.29 is 42.1 Å². The highest BCUT2D eigenvalue weighted by Crippen LogP contribution is 2.31. The second-order valence-corrected chi connectivity index (χ2v) is 7.85. The molecule has 0 bridgehead atoms. The second-order valence-electron chi connectivity index (χ2n) is 6.48. The summed E-state index contributed by atoms with van der Waals surface area (Å²) in [6.07, 6.45) is -4.50. The van der Waals surface area contributed by atoms with Crippen molar-refractivity contribution in [2.45, 2.75) is 44.3 Å². The van der Waals surface area contributed by atoms with Gasteiger partial charge in [0.2, 0.25) is 0 Å². The van der Waals surface area contributed by atoms with Crippen molar-refractivity contribution in [3.8, 4) is 17.2 Å². The maximum atomic E-state index is 12.5. The van der Waals surface area contributed by atoms with Crippen LogP contribution < -0.4 is 9.47 Å². The lowest BCUT2D eigenvalue weighted by molar-refractivity contribution is -0.144. The second kappa shape index (κ2) is 12.9. The molecule has 2 unspecified atom stereocenters. The van der Waals surface area contributed by atoms with Gasteiger partial charge in [-0.3, -0.25) is 4.79 Å². The Labute approximate surface area is 192 Å². The molecule has 0 fully saturated rings. The van der Waals surface area contributed by atoms with Crippen molar-refractivity contribution >= 4 is 27.9 Å². The Kier molecular flexibility index (Phi) is 11.0. The minimum absolute atomic E-state index is 0.177. The van der Waals surface area contributed by atoms with Crippen LogP contribution in [-0.2, 0) is 20.5 Å². The van der Waals surface area contributed by atoms with Crippen LogP contribution in [0, 0.1) is 0 Å². The summed E-state index contributed by atoms with van der Waals surface area (Å²) < 4.78 is 52.7. The van der Waals surface area contributed by atoms with Crippen molar-refractivity contribution in [2.75, 3.05) is 6.61 Å². The molecule has 0 heterocycles. The molecule has 1 N–H and O–H groups in total. The van der Waals surface area contributed by atoms with Gasteiger partial charge in [0.15, 0.2) is 6.10 Å². The van der Waals surface area contributed by atoms with E-state index in [1.54, 1.807) is 6.92 Å². The number of alkyl halides is 4. The molecule has 0 aliphatic carbocycles. The number of carboxylic acid groups (broad SMARTS) is 1. The molecule has 2 atom stereocenters. The van der Waals surface area contributed by atoms with E-state index in [0.717, 1.165) is 18.6 Å². The van der Waals surface area contributed by atoms with Crippen LogP contribution in [0.25, 0.3) is 0 Å². The van der Waals surface area contributed by atoms with E-state index < -0.39 is 23.8 Å². The van der Waals surface area contributed by atoms with Gasteiger partial charge in [-0.15, -0.1) is 0 Å². The van der Waals surface area contributed by atoms with E-state index in [4.69, 9.17) is 19.3 Å². The van der Waals surface area contributed by atoms with Gasteiger partial charge in [0, 0.05) is 0 Å². The van der Waals surface area contributed by atoms with Crippen LogP contribution in [0.1, 0.15) is 32.8 Å². The lowest BCUT2D eigenvalue weighted by Gasteiger charge is -2.11. The zero-order valence-corrected chi connectivity index (χ0v) is 19.3. The molecule has 0 spiro atoms. The molecule has 0 aromatic heterocycles. The first-order valence-electron chi connectivity index (χ1n) is 9.59. The highest BCUT2D eigenvalue weighted by Gasteiger charge is 2.30. The van der Waals surface area contributed by atoms with Gasteiger partial charge < -0.3 is 19.3 Å². The Hall–Kier alpha value is -2.75. The first-order valence-corrected chi connectivity index (χ1v) is 10.5. The fourth-order valence-corrected chi connectivity index (χ4v) is 2.14. The van der Waals surface area contributed by atoms with Gasteiger partial charge in [-0.2, -0.15) is 13.2 Å². The Morgan fingerprint density at radius 1 is 0.969 bits per heavy atom. The molecule has 0 saturated carbocycles. The largest absolute Gasteiger partial charge is 0.479 e. The summed E-state index contributed by atoms with van der Waals surface area (Å²) >= 11 is 3.10. The lowest BCUT2D eigenvalue weighted by atomic mass is 10.2. The van der Waals surface area contributed by atoms with Crippen molar-refractivity contribution in [1.29, 1.82) is 0 Å². The summed E-state index contributed by atoms with van der Waals surface area (Å²) in [6, 6.07) is 10.4. The van der Waals surface area contributed by atoms with Gasteiger partial charge in [-0.25, -0.2) is 4.79 Å². The van der Waals surface area contributed by atoms with E-state index in [2.05, 4.69) is 15.9 Å². The van der Waals surface area contributed by atoms with Crippen LogP contribution in [0.4, 0.5) is 13.2 Å². The monoisotopic (exact) mass is 520 g/mol. The van der Waals surface area contributed by atoms with Crippen LogP contribution in [0.3, 0.4) is 0 Å². The zero-order chi connectivity index (χ0) is 24.3. The predicted octanol–water partition coefficient (Wildman–Crippen LogP) is 6.07. The van der Waals surface area contributed by atoms with Crippen LogP contribution >= 0.6 is 15.9 Å². The van der Waals surface area contributed by atoms with Gasteiger partial charge >= 0.3 is 18.1 Å². The van der Waals surface area contributed by atoms with Gasteiger partial charge in [0.1, 0.15) is 22.1 Å². The number of hydrogen-bond acceptors (Lipinski definition) is 5. The maximum Gasteiger partial charge on any atom is 0.416 e. The number of carboxylic acids is 1. The third-order valence-electron chi connectivity index (χ3n) is 3.67. The van der Waals surface area contributed by atoms with E-state index in [9.17, 15) is 22.8 Å². The third kappa shape index (κ3) is 10.0. The summed E-state index contributed by atoms with van der Waals surface area (Å²) in [5.41, 5.74) is -0.753. The number of ether oxygens (including phenoxy) is 3. The number of halogens is 4. The number of benzene rings is 2. The highest BCUT2D eigenvalue weighted by molar-refractivity contribution is 9.10. The highest BCUT2D eigenvalue weighted by atomic mass is 79.9. The molecular weight excluding hydrogens is 497 g/mol. The molecule has 0 amide bonds. The summed E-state index contributed by atoms with van der Waals surface area (Å²) in [5.74, 6) is -0.280. The minimum Gasteiger partial charge on any atom is -0.479 e. The summed E-state index contributed by atoms with van der Waals surface area (Å²) in [5, 5.41) is 8.74. The Morgan fingerprint density at radius 2 is 1.44 bits per heavy atom. The summed E-state index contributed by atoms with van der Waals surface area (Å²) in [4.78, 5) is 21.1. The van der Waals surface area contributed by atoms with Crippen LogP contribution in [0.5, 0.6) is 17.2 Å². The first kappa shape index (κ1) is 27.3. The standard InChI is InChI=1S/C16H13F3O4.C6H11BrO2/c1-10(15(20)21)22-12-6-8-14(9-7-12)23-13-4-2-11(3-5-13)16(17,18)19;1-3-4-9-6(8)5(2)7/h2-10H,1H3,(H,20,21);5H,3-4H2,1-2H3. The van der Waals surface area contributed by atoms with E-state index in [1.807, 2.05) is 6.92 Å². The molecule has 2 aromatic carbocycles. The molecule has 10 heteroatoms. The normalized spacial score (nSPS) is 12.6. The summed E-state index contributed by atoms with van der Waals surface area (Å²) in [6.45, 7) is 5.63. The average Bonchev–Trinajstić information content (AvgIpc) is 2.73. The smallest absolute Gasteiger partial charge is 0.416 e. The SMILES string of the molecule is CC(Oc1ccc(Oc2ccc(C(F)(F)F)cc2)cc1)C(=O)O.CCCOC(=O)C(C)Br. The molecule has 0 radical (unpaired) electrons. The van der Waals surface area contributed by atoms with Crippen LogP contribution in [0.2, 0.25) is 0 Å². The molecule has 0 saturated heterocycles. The number of carbonyl (C=O) groups excluding carboxylic acids is 1. The van der Waals surface area contributed by atoms with Crippen molar-refractivity contribution in [3.05, 3.63) is 54.1 Å². The van der Waals surface area contributed by atoms with Crippen molar-refractivity contribution in [3.63, 3.8) is 0 Å². The Balaban J connectivity index is 0.000000482. The third-order valence-corrected chi connectivity index (χ3v) is 4.05. The minimum atomic E-state index is -4.39. The molecule has 32 heavy (non-hydrogen) atoms. The molecule has 176 valence electrons. The number of carbonyl (C=O) groups is 2. The Bertz CT molecular complexity index is 851. The number of aliphatic carboxylic acids is 1. The van der Waals surface area contributed by atoms with Gasteiger partial charge in [-0.1, -0.05) is 22.9 Å². The van der Waals surface area contributed by atoms with Crippen molar-refractivity contribution in [1.82, 2.24) is 0 Å². The van der Waals surface area contributed by atoms with E-state index in [0.29, 0.717) is 18.1 Å². The summed E-state index contributed by atoms with van der Waals surface area (Å²) in [7, 11) is 0.